The number of methoxy groups -OCH3 is 1. The van der Waals surface area contributed by atoms with Crippen LogP contribution in [0.25, 0.3) is 0 Å². The lowest BCUT2D eigenvalue weighted by atomic mass is 9.95. The van der Waals surface area contributed by atoms with Crippen LogP contribution in [0.2, 0.25) is 18.1 Å². The van der Waals surface area contributed by atoms with E-state index < -0.39 is 30.7 Å². The zero-order chi connectivity index (χ0) is 22.7. The average Bonchev–Trinajstić information content (AvgIpc) is 2.70. The van der Waals surface area contributed by atoms with Crippen LogP contribution in [0.15, 0.2) is 58.3 Å². The Morgan fingerprint density at radius 1 is 1.07 bits per heavy atom. The van der Waals surface area contributed by atoms with Gasteiger partial charge < -0.3 is 9.16 Å². The largest absolute Gasteiger partial charge is 0.466 e. The summed E-state index contributed by atoms with van der Waals surface area (Å²) in [5.41, 5.74) is -0.705. The Balaban J connectivity index is 2.72. The van der Waals surface area contributed by atoms with Crippen LogP contribution in [-0.4, -0.2) is 25.6 Å². The van der Waals surface area contributed by atoms with Crippen molar-refractivity contribution >= 4 is 25.1 Å². The van der Waals surface area contributed by atoms with Crippen molar-refractivity contribution in [3.8, 4) is 6.07 Å². The van der Waals surface area contributed by atoms with Crippen molar-refractivity contribution in [2.75, 3.05) is 7.11 Å². The van der Waals surface area contributed by atoms with E-state index >= 15 is 0 Å². The summed E-state index contributed by atoms with van der Waals surface area (Å²) in [5, 5.41) is 9.97. The Kier molecular flexibility index (Phi) is 7.07. The van der Waals surface area contributed by atoms with Gasteiger partial charge in [0, 0.05) is 10.5 Å². The van der Waals surface area contributed by atoms with Gasteiger partial charge in [-0.15, -0.1) is 0 Å². The summed E-state index contributed by atoms with van der Waals surface area (Å²) >= 11 is 0. The number of esters is 1. The number of hydrogen-bond donors (Lipinski definition) is 0. The van der Waals surface area contributed by atoms with Gasteiger partial charge in [-0.05, 0) is 43.3 Å². The van der Waals surface area contributed by atoms with Crippen molar-refractivity contribution in [2.24, 2.45) is 0 Å². The number of nitrogens with zero attached hydrogens (tertiary/aromatic N) is 1. The Morgan fingerprint density at radius 3 is 2.13 bits per heavy atom. The molecule has 0 radical (unpaired) electrons. The minimum atomic E-state index is -2.59. The SMILES string of the molecule is COC(=O)[C@](C#N)(O[Si](C)(C)C(C)(C)C)c1ccccc1[S@@](=O)c1ccc(C)cc1. The van der Waals surface area contributed by atoms with Crippen molar-refractivity contribution in [1.29, 1.82) is 5.26 Å². The highest BCUT2D eigenvalue weighted by Gasteiger charge is 2.52. The molecule has 2 aromatic carbocycles. The van der Waals surface area contributed by atoms with Crippen molar-refractivity contribution < 1.29 is 18.2 Å². The van der Waals surface area contributed by atoms with E-state index in [-0.39, 0.29) is 10.6 Å². The molecule has 2 rings (SSSR count). The minimum Gasteiger partial charge on any atom is -0.466 e. The first-order chi connectivity index (χ1) is 13.9. The van der Waals surface area contributed by atoms with E-state index in [1.807, 2.05) is 52.9 Å². The molecule has 0 saturated heterocycles. The minimum absolute atomic E-state index is 0.253. The molecule has 0 N–H and O–H groups in total. The molecule has 0 aliphatic carbocycles. The molecule has 0 aromatic heterocycles. The molecule has 160 valence electrons. The fourth-order valence-electron chi connectivity index (χ4n) is 2.72. The quantitative estimate of drug-likeness (QED) is 0.460. The van der Waals surface area contributed by atoms with Gasteiger partial charge >= 0.3 is 5.97 Å². The Labute approximate surface area is 182 Å². The van der Waals surface area contributed by atoms with Gasteiger partial charge in [-0.2, -0.15) is 5.26 Å². The topological polar surface area (TPSA) is 76.4 Å². The molecular formula is C23H29NO4SSi. The summed E-state index contributed by atoms with van der Waals surface area (Å²) in [5.74, 6) is -0.816. The molecule has 0 fully saturated rings. The highest BCUT2D eigenvalue weighted by atomic mass is 32.2. The first-order valence-corrected chi connectivity index (χ1v) is 13.7. The molecule has 0 spiro atoms. The molecule has 0 unspecified atom stereocenters. The normalized spacial score (nSPS) is 15.0. The third-order valence-electron chi connectivity index (χ3n) is 5.55. The maximum Gasteiger partial charge on any atom is 0.357 e. The molecule has 0 bridgehead atoms. The Morgan fingerprint density at radius 2 is 1.63 bits per heavy atom. The fraction of sp³-hybridized carbons (Fsp3) is 0.391. The van der Waals surface area contributed by atoms with Crippen molar-refractivity contribution in [2.45, 2.75) is 61.2 Å². The van der Waals surface area contributed by atoms with E-state index in [1.54, 1.807) is 36.4 Å². The maximum absolute atomic E-state index is 13.4. The lowest BCUT2D eigenvalue weighted by Crippen LogP contribution is -2.52. The van der Waals surface area contributed by atoms with E-state index in [4.69, 9.17) is 9.16 Å². The maximum atomic E-state index is 13.4. The lowest BCUT2D eigenvalue weighted by molar-refractivity contribution is -0.156. The van der Waals surface area contributed by atoms with Gasteiger partial charge in [-0.25, -0.2) is 9.00 Å². The molecule has 0 saturated carbocycles. The second-order valence-electron chi connectivity index (χ2n) is 8.72. The van der Waals surface area contributed by atoms with Gasteiger partial charge in [0.1, 0.15) is 6.07 Å². The van der Waals surface area contributed by atoms with Crippen LogP contribution < -0.4 is 0 Å². The van der Waals surface area contributed by atoms with Crippen molar-refractivity contribution in [1.82, 2.24) is 0 Å². The second kappa shape index (κ2) is 8.84. The number of nitriles is 1. The number of aryl methyl sites for hydroxylation is 1. The summed E-state index contributed by atoms with van der Waals surface area (Å²) in [4.78, 5) is 13.9. The van der Waals surface area contributed by atoms with E-state index in [1.165, 1.54) is 7.11 Å². The number of benzene rings is 2. The highest BCUT2D eigenvalue weighted by molar-refractivity contribution is 7.85. The van der Waals surface area contributed by atoms with Crippen LogP contribution in [0.4, 0.5) is 0 Å². The summed E-state index contributed by atoms with van der Waals surface area (Å²) in [6, 6.07) is 16.1. The Hall–Kier alpha value is -2.27. The van der Waals surface area contributed by atoms with Crippen LogP contribution in [0, 0.1) is 18.3 Å². The van der Waals surface area contributed by atoms with Crippen molar-refractivity contribution in [3.05, 3.63) is 59.7 Å². The van der Waals surface area contributed by atoms with Gasteiger partial charge in [0.25, 0.3) is 5.60 Å². The predicted molar refractivity (Wildman–Crippen MR) is 120 cm³/mol. The number of carbonyl (C=O) groups is 1. The summed E-state index contributed by atoms with van der Waals surface area (Å²) in [7, 11) is -2.97. The molecule has 0 heterocycles. The predicted octanol–water partition coefficient (Wildman–Crippen LogP) is 5.08. The van der Waals surface area contributed by atoms with E-state index in [9.17, 15) is 14.3 Å². The summed E-state index contributed by atoms with van der Waals surface area (Å²) in [6.07, 6.45) is 0. The van der Waals surface area contributed by atoms with Gasteiger partial charge in [0.2, 0.25) is 0 Å². The number of carbonyl (C=O) groups excluding carboxylic acids is 1. The first kappa shape index (κ1) is 24.0. The van der Waals surface area contributed by atoms with Crippen LogP contribution in [0.3, 0.4) is 0 Å². The zero-order valence-electron chi connectivity index (χ0n) is 18.6. The van der Waals surface area contributed by atoms with Gasteiger partial charge in [0.05, 0.1) is 22.8 Å². The van der Waals surface area contributed by atoms with E-state index in [0.717, 1.165) is 5.56 Å². The number of hydrogen-bond acceptors (Lipinski definition) is 5. The number of ether oxygens (including phenoxy) is 1. The molecule has 2 atom stereocenters. The molecule has 0 amide bonds. The van der Waals surface area contributed by atoms with E-state index in [2.05, 4.69) is 6.07 Å². The second-order valence-corrected chi connectivity index (χ2v) is 14.9. The van der Waals surface area contributed by atoms with Gasteiger partial charge in [0.15, 0.2) is 8.32 Å². The van der Waals surface area contributed by atoms with Gasteiger partial charge in [-0.1, -0.05) is 56.7 Å². The monoisotopic (exact) mass is 443 g/mol. The molecule has 2 aromatic rings. The molecule has 0 aliphatic rings. The van der Waals surface area contributed by atoms with Crippen LogP contribution in [0.1, 0.15) is 31.9 Å². The Bertz CT molecular complexity index is 989. The van der Waals surface area contributed by atoms with E-state index in [0.29, 0.717) is 9.79 Å². The third kappa shape index (κ3) is 4.56. The molecular weight excluding hydrogens is 414 g/mol. The van der Waals surface area contributed by atoms with Crippen molar-refractivity contribution in [3.63, 3.8) is 0 Å². The summed E-state index contributed by atoms with van der Waals surface area (Å²) < 4.78 is 24.8. The highest BCUT2D eigenvalue weighted by Crippen LogP contribution is 2.43. The van der Waals surface area contributed by atoms with Crippen LogP contribution >= 0.6 is 0 Å². The molecule has 0 aliphatic heterocycles. The molecule has 5 nitrogen and oxygen atoms in total. The first-order valence-electron chi connectivity index (χ1n) is 9.67. The third-order valence-corrected chi connectivity index (χ3v) is 11.4. The average molecular weight is 444 g/mol. The molecule has 30 heavy (non-hydrogen) atoms. The van der Waals surface area contributed by atoms with Crippen LogP contribution in [0.5, 0.6) is 0 Å². The fourth-order valence-corrected chi connectivity index (χ4v) is 5.28. The zero-order valence-corrected chi connectivity index (χ0v) is 20.4. The number of rotatable bonds is 6. The van der Waals surface area contributed by atoms with Crippen LogP contribution in [-0.2, 0) is 30.4 Å². The smallest absolute Gasteiger partial charge is 0.357 e. The standard InChI is InChI=1S/C23H29NO4SSi/c1-17-12-14-18(15-13-17)29(26)20-11-9-8-10-19(20)23(16-24,21(25)27-5)28-30(6,7)22(2,3)4/h8-15H,1-7H3/t23-,29+/m1/s1. The molecule has 7 heteroatoms. The van der Waals surface area contributed by atoms with Gasteiger partial charge in [-0.3, -0.25) is 0 Å². The lowest BCUT2D eigenvalue weighted by Gasteiger charge is -2.41. The summed E-state index contributed by atoms with van der Waals surface area (Å²) in [6.45, 7) is 11.9.